The number of furan rings is 1. The number of fused-ring (bicyclic) bond motifs is 4. The molecule has 295 valence electrons. The number of para-hydroxylation sites is 3. The molecule has 8 aromatic rings. The Morgan fingerprint density at radius 2 is 1.47 bits per heavy atom. The first-order chi connectivity index (χ1) is 26.6. The standard InChI is InChI=1S/C31H28N3O.C19H26GeN.Ir/c1-18(2)21-10-8-11-22(19(3)4)28(21)34-27-15-7-6-14-26(27)33-30(34)25-13-9-12-23-24-17-16-20(5)32-31(24)35-29(23)25;1-19(2,3)13-16-12-18(15-10-8-7-9-11-15)21-14-17(16)20(4,5)6;/h6-12,14-19H,1-5H3;7-10,12,14H,13H2,1-6H3;/q2*-1;. The van der Waals surface area contributed by atoms with E-state index < -0.39 is 13.3 Å². The van der Waals surface area contributed by atoms with E-state index in [1.54, 1.807) is 0 Å². The number of aromatic nitrogens is 4. The Morgan fingerprint density at radius 1 is 0.772 bits per heavy atom. The van der Waals surface area contributed by atoms with Gasteiger partial charge in [-0.05, 0) is 54.2 Å². The van der Waals surface area contributed by atoms with Crippen LogP contribution in [-0.4, -0.2) is 32.8 Å². The van der Waals surface area contributed by atoms with Gasteiger partial charge in [0.1, 0.15) is 0 Å². The van der Waals surface area contributed by atoms with Gasteiger partial charge in [-0.15, -0.1) is 18.2 Å². The molecule has 5 nitrogen and oxygen atoms in total. The van der Waals surface area contributed by atoms with Crippen LogP contribution in [0.4, 0.5) is 0 Å². The number of pyridine rings is 2. The molecule has 0 saturated heterocycles. The van der Waals surface area contributed by atoms with Gasteiger partial charge in [-0.2, -0.15) is 0 Å². The zero-order valence-electron chi connectivity index (χ0n) is 35.2. The average Bonchev–Trinajstić information content (AvgIpc) is 3.72. The van der Waals surface area contributed by atoms with Gasteiger partial charge >= 0.3 is 132 Å². The number of hydrogen-bond acceptors (Lipinski definition) is 4. The number of rotatable bonds is 7. The van der Waals surface area contributed by atoms with Gasteiger partial charge in [0, 0.05) is 36.9 Å². The van der Waals surface area contributed by atoms with Crippen molar-refractivity contribution in [2.24, 2.45) is 5.41 Å². The van der Waals surface area contributed by atoms with Gasteiger partial charge in [0.15, 0.2) is 0 Å². The number of hydrogen-bond donors (Lipinski definition) is 0. The Balaban J connectivity index is 0.000000215. The molecule has 0 fully saturated rings. The SMILES string of the molecule is CC(C)(C)Cc1cc(-c2[c-]cccc2)nc[c]1[Ge]([CH3])([CH3])[CH3].Cc1ccc2c(n1)oc1c(-c3nc4ccccc4n3-c3c(C(C)C)cccc3C(C)C)[c-]ccc12.[Ir]. The summed E-state index contributed by atoms with van der Waals surface area (Å²) < 4.78 is 10.2. The molecule has 4 aromatic carbocycles. The molecule has 0 amide bonds. The summed E-state index contributed by atoms with van der Waals surface area (Å²) in [5.41, 5.74) is 12.9. The fourth-order valence-electron chi connectivity index (χ4n) is 7.66. The number of nitrogens with zero attached hydrogens (tertiary/aromatic N) is 4. The molecule has 4 aromatic heterocycles. The number of aryl methyl sites for hydroxylation is 1. The van der Waals surface area contributed by atoms with Crippen molar-refractivity contribution in [1.82, 2.24) is 19.5 Å². The normalized spacial score (nSPS) is 12.0. The van der Waals surface area contributed by atoms with E-state index in [0.717, 1.165) is 62.1 Å². The van der Waals surface area contributed by atoms with Crippen LogP contribution >= 0.6 is 0 Å². The van der Waals surface area contributed by atoms with E-state index in [4.69, 9.17) is 14.4 Å². The Morgan fingerprint density at radius 3 is 2.12 bits per heavy atom. The summed E-state index contributed by atoms with van der Waals surface area (Å²) >= 11 is -1.90. The molecule has 1 radical (unpaired) electrons. The first-order valence-electron chi connectivity index (χ1n) is 19.9. The third-order valence-corrected chi connectivity index (χ3v) is 14.6. The van der Waals surface area contributed by atoms with Crippen molar-refractivity contribution in [2.75, 3.05) is 0 Å². The zero-order valence-corrected chi connectivity index (χ0v) is 39.7. The van der Waals surface area contributed by atoms with Crippen LogP contribution in [0.3, 0.4) is 0 Å². The average molecular weight is 992 g/mol. The molecule has 0 unspecified atom stereocenters. The monoisotopic (exact) mass is 993 g/mol. The second-order valence-electron chi connectivity index (χ2n) is 17.8. The van der Waals surface area contributed by atoms with Crippen LogP contribution in [0, 0.1) is 24.5 Å². The van der Waals surface area contributed by atoms with Crippen molar-refractivity contribution in [1.29, 1.82) is 0 Å². The van der Waals surface area contributed by atoms with Crippen LogP contribution in [0.2, 0.25) is 17.3 Å². The Bertz CT molecular complexity index is 2630. The molecule has 0 aliphatic rings. The molecule has 0 atom stereocenters. The summed E-state index contributed by atoms with van der Waals surface area (Å²) in [5.74, 6) is 8.88. The molecule has 0 aliphatic heterocycles. The van der Waals surface area contributed by atoms with Crippen molar-refractivity contribution in [3.05, 3.63) is 138 Å². The zero-order chi connectivity index (χ0) is 39.9. The molecule has 8 rings (SSSR count). The predicted molar refractivity (Wildman–Crippen MR) is 238 cm³/mol. The van der Waals surface area contributed by atoms with E-state index in [2.05, 4.69) is 154 Å². The second-order valence-corrected chi connectivity index (χ2v) is 28.4. The van der Waals surface area contributed by atoms with E-state index in [-0.39, 0.29) is 20.1 Å². The van der Waals surface area contributed by atoms with E-state index in [1.807, 2.05) is 43.3 Å². The van der Waals surface area contributed by atoms with Crippen molar-refractivity contribution >= 4 is 50.8 Å². The molecule has 0 spiro atoms. The van der Waals surface area contributed by atoms with Crippen LogP contribution in [-0.2, 0) is 26.5 Å². The van der Waals surface area contributed by atoms with Crippen molar-refractivity contribution in [3.8, 4) is 28.3 Å². The quantitative estimate of drug-likeness (QED) is 0.118. The van der Waals surface area contributed by atoms with Crippen LogP contribution < -0.4 is 4.40 Å². The summed E-state index contributed by atoms with van der Waals surface area (Å²) in [6.07, 6.45) is 3.24. The Labute approximate surface area is 355 Å². The first-order valence-corrected chi connectivity index (χ1v) is 27.2. The minimum absolute atomic E-state index is 0. The van der Waals surface area contributed by atoms with Gasteiger partial charge < -0.3 is 8.98 Å². The van der Waals surface area contributed by atoms with Gasteiger partial charge in [0.2, 0.25) is 5.71 Å². The van der Waals surface area contributed by atoms with Crippen molar-refractivity contribution in [2.45, 2.75) is 90.9 Å². The van der Waals surface area contributed by atoms with Crippen LogP contribution in [0.1, 0.15) is 82.7 Å². The molecule has 57 heavy (non-hydrogen) atoms. The summed E-state index contributed by atoms with van der Waals surface area (Å²) in [4.78, 5) is 14.5. The van der Waals surface area contributed by atoms with Gasteiger partial charge in [-0.25, -0.2) is 4.98 Å². The Hall–Kier alpha value is -4.36. The maximum Gasteiger partial charge on any atom is 0.216 e. The fourth-order valence-corrected chi connectivity index (χ4v) is 11.0. The minimum Gasteiger partial charge on any atom is -0.486 e. The molecule has 0 aliphatic carbocycles. The van der Waals surface area contributed by atoms with E-state index in [1.165, 1.54) is 26.8 Å². The summed E-state index contributed by atoms with van der Waals surface area (Å²) in [7, 11) is 0. The number of imidazole rings is 1. The van der Waals surface area contributed by atoms with Gasteiger partial charge in [-0.3, -0.25) is 4.98 Å². The maximum absolute atomic E-state index is 6.37. The molecule has 0 N–H and O–H groups in total. The molecule has 7 heteroatoms. The second kappa shape index (κ2) is 16.9. The predicted octanol–water partition coefficient (Wildman–Crippen LogP) is 13.0. The van der Waals surface area contributed by atoms with Gasteiger partial charge in [0.05, 0.1) is 22.4 Å². The topological polar surface area (TPSA) is 56.7 Å². The number of benzene rings is 4. The van der Waals surface area contributed by atoms with E-state index in [9.17, 15) is 0 Å². The van der Waals surface area contributed by atoms with Gasteiger partial charge in [-0.1, -0.05) is 69.0 Å². The molecule has 0 bridgehead atoms. The summed E-state index contributed by atoms with van der Waals surface area (Å²) in [5, 5.41) is 2.04. The van der Waals surface area contributed by atoms with Crippen LogP contribution in [0.25, 0.3) is 61.4 Å². The summed E-state index contributed by atoms with van der Waals surface area (Å²) in [6.45, 7) is 17.9. The maximum atomic E-state index is 6.37. The van der Waals surface area contributed by atoms with Crippen LogP contribution in [0.15, 0.2) is 108 Å². The minimum atomic E-state index is -1.90. The smallest absolute Gasteiger partial charge is 0.216 e. The largest absolute Gasteiger partial charge is 0.486 e. The summed E-state index contributed by atoms with van der Waals surface area (Å²) in [6, 6.07) is 40.3. The van der Waals surface area contributed by atoms with E-state index >= 15 is 0 Å². The molecule has 4 heterocycles. The van der Waals surface area contributed by atoms with Gasteiger partial charge in [0.25, 0.3) is 0 Å². The van der Waals surface area contributed by atoms with E-state index in [0.29, 0.717) is 23.0 Å². The molecule has 0 saturated carbocycles. The third kappa shape index (κ3) is 8.89. The van der Waals surface area contributed by atoms with Crippen molar-refractivity contribution in [3.63, 3.8) is 0 Å². The molecular formula is C50H54GeIrN4O-2. The fraction of sp³-hybridized carbons (Fsp3) is 0.300. The third-order valence-electron chi connectivity index (χ3n) is 10.3. The van der Waals surface area contributed by atoms with Crippen molar-refractivity contribution < 1.29 is 24.5 Å². The van der Waals surface area contributed by atoms with Crippen LogP contribution in [0.5, 0.6) is 0 Å². The molecular weight excluding hydrogens is 937 g/mol. The first kappa shape index (κ1) is 42.3. The Kier molecular flexibility index (Phi) is 12.5.